The Morgan fingerprint density at radius 3 is 2.63 bits per heavy atom. The van der Waals surface area contributed by atoms with E-state index in [1.807, 2.05) is 12.1 Å². The molecule has 1 aliphatic heterocycles. The first-order valence-corrected chi connectivity index (χ1v) is 8.45. The van der Waals surface area contributed by atoms with Gasteiger partial charge in [-0.2, -0.15) is 0 Å². The summed E-state index contributed by atoms with van der Waals surface area (Å²) in [5.41, 5.74) is 0.901. The van der Waals surface area contributed by atoms with Crippen molar-refractivity contribution in [3.63, 3.8) is 0 Å². The molecule has 0 amide bonds. The van der Waals surface area contributed by atoms with Gasteiger partial charge in [-0.3, -0.25) is 0 Å². The van der Waals surface area contributed by atoms with Crippen molar-refractivity contribution in [2.45, 2.75) is 18.6 Å². The van der Waals surface area contributed by atoms with Gasteiger partial charge < -0.3 is 14.8 Å². The highest BCUT2D eigenvalue weighted by molar-refractivity contribution is 5.88. The van der Waals surface area contributed by atoms with Gasteiger partial charge in [0.2, 0.25) is 5.88 Å². The van der Waals surface area contributed by atoms with Crippen LogP contribution in [-0.2, 0) is 6.42 Å². The molecule has 140 valence electrons. The van der Waals surface area contributed by atoms with Crippen molar-refractivity contribution in [1.29, 1.82) is 0 Å². The first kappa shape index (κ1) is 17.6. The van der Waals surface area contributed by atoms with E-state index in [0.29, 0.717) is 24.1 Å². The predicted molar refractivity (Wildman–Crippen MR) is 94.5 cm³/mol. The minimum Gasteiger partial charge on any atom is -0.484 e. The molecule has 0 saturated carbocycles. The van der Waals surface area contributed by atoms with Crippen molar-refractivity contribution < 1.29 is 22.6 Å². The zero-order valence-electron chi connectivity index (χ0n) is 14.7. The Labute approximate surface area is 153 Å². The molecule has 27 heavy (non-hydrogen) atoms. The fraction of sp³-hybridized carbons (Fsp3) is 0.250. The average molecular weight is 374 g/mol. The van der Waals surface area contributed by atoms with Crippen LogP contribution in [0.15, 0.2) is 36.5 Å². The Bertz CT molecular complexity index is 1030. The quantitative estimate of drug-likeness (QED) is 0.706. The molecule has 0 spiro atoms. The highest BCUT2D eigenvalue weighted by Crippen LogP contribution is 2.40. The predicted octanol–water partition coefficient (Wildman–Crippen LogP) is 3.92. The maximum absolute atomic E-state index is 14.3. The van der Waals surface area contributed by atoms with Gasteiger partial charge in [0.1, 0.15) is 17.7 Å². The van der Waals surface area contributed by atoms with Gasteiger partial charge in [0.15, 0.2) is 11.6 Å². The zero-order chi connectivity index (χ0) is 19.1. The van der Waals surface area contributed by atoms with Crippen LogP contribution < -0.4 is 14.8 Å². The molecule has 0 saturated heterocycles. The normalized spacial score (nSPS) is 18.9. The summed E-state index contributed by atoms with van der Waals surface area (Å²) in [4.78, 5) is 4.20. The van der Waals surface area contributed by atoms with Crippen LogP contribution in [0.25, 0.3) is 10.8 Å². The Morgan fingerprint density at radius 1 is 1.11 bits per heavy atom. The Hall–Kier alpha value is -2.80. The van der Waals surface area contributed by atoms with Crippen LogP contribution in [0, 0.1) is 17.5 Å². The summed E-state index contributed by atoms with van der Waals surface area (Å²) < 4.78 is 52.5. The standard InChI is InChI=1S/C20H17F3N2O2/c1-24-17-6-12-11-7-19(26-2)25-9-10(11)3-4-18(12)27-20(17)13-5-15(22)16(23)8-14(13)21/h3-5,7-9,17,20,24H,6H2,1-2H3/t17-,20+/m0/s1. The topological polar surface area (TPSA) is 43.4 Å². The fourth-order valence-electron chi connectivity index (χ4n) is 3.51. The highest BCUT2D eigenvalue weighted by atomic mass is 19.2. The molecule has 0 fully saturated rings. The molecular weight excluding hydrogens is 357 g/mol. The lowest BCUT2D eigenvalue weighted by molar-refractivity contribution is 0.134. The average Bonchev–Trinajstić information content (AvgIpc) is 2.69. The second kappa shape index (κ2) is 6.74. The second-order valence-corrected chi connectivity index (χ2v) is 6.42. The van der Waals surface area contributed by atoms with Crippen molar-refractivity contribution in [2.24, 2.45) is 0 Å². The number of halogens is 3. The first-order valence-electron chi connectivity index (χ1n) is 8.45. The van der Waals surface area contributed by atoms with Gasteiger partial charge in [-0.1, -0.05) is 0 Å². The molecule has 2 atom stereocenters. The summed E-state index contributed by atoms with van der Waals surface area (Å²) in [7, 11) is 3.26. The van der Waals surface area contributed by atoms with Crippen LogP contribution in [0.5, 0.6) is 11.6 Å². The van der Waals surface area contributed by atoms with Crippen molar-refractivity contribution in [2.75, 3.05) is 14.2 Å². The Morgan fingerprint density at radius 2 is 1.89 bits per heavy atom. The molecule has 1 N–H and O–H groups in total. The van der Waals surface area contributed by atoms with Gasteiger partial charge in [-0.05, 0) is 37.1 Å². The summed E-state index contributed by atoms with van der Waals surface area (Å²) in [5.74, 6) is -2.12. The van der Waals surface area contributed by atoms with Gasteiger partial charge in [0.25, 0.3) is 0 Å². The molecule has 4 rings (SSSR count). The zero-order valence-corrected chi connectivity index (χ0v) is 14.7. The lowest BCUT2D eigenvalue weighted by Crippen LogP contribution is -2.40. The van der Waals surface area contributed by atoms with E-state index in [0.717, 1.165) is 22.4 Å². The van der Waals surface area contributed by atoms with Crippen LogP contribution in [0.1, 0.15) is 17.2 Å². The number of pyridine rings is 1. The van der Waals surface area contributed by atoms with E-state index in [1.54, 1.807) is 26.4 Å². The molecule has 4 nitrogen and oxygen atoms in total. The molecular formula is C20H17F3N2O2. The number of methoxy groups -OCH3 is 1. The van der Waals surface area contributed by atoms with Crippen LogP contribution >= 0.6 is 0 Å². The maximum Gasteiger partial charge on any atom is 0.213 e. The van der Waals surface area contributed by atoms with Crippen LogP contribution in [-0.4, -0.2) is 25.2 Å². The lowest BCUT2D eigenvalue weighted by atomic mass is 9.90. The van der Waals surface area contributed by atoms with Crippen LogP contribution in [0.2, 0.25) is 0 Å². The fourth-order valence-corrected chi connectivity index (χ4v) is 3.51. The molecule has 0 radical (unpaired) electrons. The number of hydrogen-bond acceptors (Lipinski definition) is 4. The smallest absolute Gasteiger partial charge is 0.213 e. The summed E-state index contributed by atoms with van der Waals surface area (Å²) in [6.45, 7) is 0. The molecule has 0 bridgehead atoms. The SMILES string of the molecule is CN[C@H]1Cc2c(ccc3cnc(OC)cc23)O[C@@H]1c1cc(F)c(F)cc1F. The number of hydrogen-bond donors (Lipinski definition) is 1. The minimum absolute atomic E-state index is 0.0219. The largest absolute Gasteiger partial charge is 0.484 e. The van der Waals surface area contributed by atoms with Gasteiger partial charge in [-0.25, -0.2) is 18.2 Å². The van der Waals surface area contributed by atoms with Crippen molar-refractivity contribution in [3.8, 4) is 11.6 Å². The summed E-state index contributed by atoms with van der Waals surface area (Å²) in [5, 5.41) is 4.94. The minimum atomic E-state index is -1.22. The maximum atomic E-state index is 14.3. The first-order chi connectivity index (χ1) is 13.0. The molecule has 0 unspecified atom stereocenters. The number of likely N-dealkylation sites (N-methyl/N-ethyl adjacent to an activating group) is 1. The number of fused-ring (bicyclic) bond motifs is 3. The van der Waals surface area contributed by atoms with Gasteiger partial charge in [-0.15, -0.1) is 0 Å². The Balaban J connectivity index is 1.82. The molecule has 2 heterocycles. The van der Waals surface area contributed by atoms with Crippen molar-refractivity contribution in [3.05, 3.63) is 65.1 Å². The molecule has 7 heteroatoms. The van der Waals surface area contributed by atoms with E-state index in [4.69, 9.17) is 9.47 Å². The van der Waals surface area contributed by atoms with Crippen LogP contribution in [0.3, 0.4) is 0 Å². The number of nitrogens with zero attached hydrogens (tertiary/aromatic N) is 1. The van der Waals surface area contributed by atoms with Crippen LogP contribution in [0.4, 0.5) is 13.2 Å². The van der Waals surface area contributed by atoms with E-state index in [9.17, 15) is 13.2 Å². The molecule has 1 aromatic heterocycles. The van der Waals surface area contributed by atoms with E-state index in [-0.39, 0.29) is 11.6 Å². The molecule has 0 aliphatic carbocycles. The number of ether oxygens (including phenoxy) is 2. The molecule has 3 aromatic rings. The monoisotopic (exact) mass is 374 g/mol. The third-order valence-electron chi connectivity index (χ3n) is 4.92. The van der Waals surface area contributed by atoms with E-state index < -0.39 is 23.6 Å². The second-order valence-electron chi connectivity index (χ2n) is 6.42. The molecule has 1 aliphatic rings. The summed E-state index contributed by atoms with van der Waals surface area (Å²) >= 11 is 0. The number of rotatable bonds is 3. The van der Waals surface area contributed by atoms with Gasteiger partial charge >= 0.3 is 0 Å². The van der Waals surface area contributed by atoms with E-state index >= 15 is 0 Å². The number of benzene rings is 2. The third kappa shape index (κ3) is 2.98. The highest BCUT2D eigenvalue weighted by Gasteiger charge is 2.34. The van der Waals surface area contributed by atoms with Gasteiger partial charge in [0, 0.05) is 34.8 Å². The number of nitrogens with one attached hydrogen (secondary N) is 1. The van der Waals surface area contributed by atoms with Crippen molar-refractivity contribution in [1.82, 2.24) is 10.3 Å². The van der Waals surface area contributed by atoms with E-state index in [2.05, 4.69) is 10.3 Å². The molecule has 2 aromatic carbocycles. The summed E-state index contributed by atoms with van der Waals surface area (Å²) in [6.07, 6.45) is 1.43. The van der Waals surface area contributed by atoms with Gasteiger partial charge in [0.05, 0.1) is 13.2 Å². The lowest BCUT2D eigenvalue weighted by Gasteiger charge is -2.34. The Kier molecular flexibility index (Phi) is 4.39. The summed E-state index contributed by atoms with van der Waals surface area (Å²) in [6, 6.07) is 6.53. The third-order valence-corrected chi connectivity index (χ3v) is 4.92. The van der Waals surface area contributed by atoms with Crippen molar-refractivity contribution >= 4 is 10.8 Å². The number of aromatic nitrogens is 1. The van der Waals surface area contributed by atoms with E-state index in [1.165, 1.54) is 0 Å².